The number of carboxylic acid groups (broad SMARTS) is 1. The van der Waals surface area contributed by atoms with Gasteiger partial charge in [-0.15, -0.1) is 0 Å². The van der Waals surface area contributed by atoms with Crippen LogP contribution in [-0.4, -0.2) is 80.8 Å². The second-order valence-electron chi connectivity index (χ2n) is 9.08. The van der Waals surface area contributed by atoms with Crippen molar-refractivity contribution in [2.75, 3.05) is 19.8 Å². The summed E-state index contributed by atoms with van der Waals surface area (Å²) in [6.45, 7) is 3.17. The molecule has 0 fully saturated rings. The van der Waals surface area contributed by atoms with E-state index in [1.54, 1.807) is 6.92 Å². The van der Waals surface area contributed by atoms with E-state index in [0.29, 0.717) is 6.42 Å². The molecule has 0 aliphatic carbocycles. The van der Waals surface area contributed by atoms with Gasteiger partial charge in [0.15, 0.2) is 0 Å². The van der Waals surface area contributed by atoms with Gasteiger partial charge in [0.05, 0.1) is 13.2 Å². The largest absolute Gasteiger partial charge is 0.481 e. The Morgan fingerprint density at radius 1 is 0.629 bits per heavy atom. The molecule has 0 radical (unpaired) electrons. The molecule has 0 aliphatic heterocycles. The van der Waals surface area contributed by atoms with Crippen molar-refractivity contribution >= 4 is 5.97 Å². The number of aliphatic hydroxyl groups excluding tert-OH is 5. The van der Waals surface area contributed by atoms with Gasteiger partial charge in [0, 0.05) is 6.42 Å². The van der Waals surface area contributed by atoms with Crippen LogP contribution in [0, 0.1) is 0 Å². The topological polar surface area (TPSA) is 157 Å². The molecule has 0 aromatic heterocycles. The van der Waals surface area contributed by atoms with E-state index in [0.717, 1.165) is 12.8 Å². The Bertz CT molecular complexity index is 437. The maximum absolute atomic E-state index is 10.3. The van der Waals surface area contributed by atoms with Gasteiger partial charge in [-0.2, -0.15) is 0 Å². The van der Waals surface area contributed by atoms with Crippen LogP contribution in [0.5, 0.6) is 0 Å². The molecule has 6 N–H and O–H groups in total. The summed E-state index contributed by atoms with van der Waals surface area (Å²) in [7, 11) is 0. The molecule has 0 amide bonds. The van der Waals surface area contributed by atoms with Crippen LogP contribution in [0.2, 0.25) is 0 Å². The van der Waals surface area contributed by atoms with Gasteiger partial charge in [-0.3, -0.25) is 4.79 Å². The van der Waals surface area contributed by atoms with Gasteiger partial charge in [-0.1, -0.05) is 96.8 Å². The number of unbranched alkanes of at least 4 members (excludes halogenated alkanes) is 14. The third kappa shape index (κ3) is 26.1. The van der Waals surface area contributed by atoms with Crippen LogP contribution in [0.15, 0.2) is 0 Å². The lowest BCUT2D eigenvalue weighted by Crippen LogP contribution is -2.47. The molecule has 0 saturated carbocycles. The predicted molar refractivity (Wildman–Crippen MR) is 136 cm³/mol. The summed E-state index contributed by atoms with van der Waals surface area (Å²) in [5.41, 5.74) is 0. The summed E-state index contributed by atoms with van der Waals surface area (Å²) >= 11 is 0. The van der Waals surface area contributed by atoms with Crippen LogP contribution in [0.3, 0.4) is 0 Å². The summed E-state index contributed by atoms with van der Waals surface area (Å²) in [5, 5.41) is 53.7. The molecule has 0 aliphatic rings. The Morgan fingerprint density at radius 2 is 1.03 bits per heavy atom. The highest BCUT2D eigenvalue weighted by Gasteiger charge is 2.30. The van der Waals surface area contributed by atoms with Crippen LogP contribution >= 0.6 is 0 Å². The average molecular weight is 511 g/mol. The van der Waals surface area contributed by atoms with Crippen molar-refractivity contribution in [1.82, 2.24) is 0 Å². The van der Waals surface area contributed by atoms with E-state index in [2.05, 4.69) is 16.7 Å². The summed E-state index contributed by atoms with van der Waals surface area (Å²) in [4.78, 5) is 19.3. The van der Waals surface area contributed by atoms with Gasteiger partial charge in [0.1, 0.15) is 31.0 Å². The molecule has 0 rings (SSSR count). The summed E-state index contributed by atoms with van der Waals surface area (Å²) in [5.74, 6) is -0.653. The molecule has 0 spiro atoms. The third-order valence-electron chi connectivity index (χ3n) is 5.76. The molecule has 35 heavy (non-hydrogen) atoms. The van der Waals surface area contributed by atoms with Crippen LogP contribution in [-0.2, 0) is 14.6 Å². The number of rotatable bonds is 24. The maximum atomic E-state index is 10.3. The lowest BCUT2D eigenvalue weighted by Gasteiger charge is -2.24. The molecule has 4 unspecified atom stereocenters. The van der Waals surface area contributed by atoms with E-state index >= 15 is 0 Å². The molecule has 4 atom stereocenters. The van der Waals surface area contributed by atoms with Gasteiger partial charge in [0.2, 0.25) is 0 Å². The third-order valence-corrected chi connectivity index (χ3v) is 5.76. The lowest BCUT2D eigenvalue weighted by atomic mass is 10.0. The fraction of sp³-hybridized carbons (Fsp3) is 0.962. The van der Waals surface area contributed by atoms with E-state index in [1.165, 1.54) is 83.5 Å². The van der Waals surface area contributed by atoms with E-state index in [4.69, 9.17) is 15.3 Å². The number of carboxylic acids is 1. The second-order valence-corrected chi connectivity index (χ2v) is 9.08. The Hall–Kier alpha value is -0.810. The number of carbonyl (C=O) groups is 1. The van der Waals surface area contributed by atoms with E-state index in [1.807, 2.05) is 0 Å². The number of hydrogen-bond donors (Lipinski definition) is 6. The van der Waals surface area contributed by atoms with E-state index < -0.39 is 37.0 Å². The summed E-state index contributed by atoms with van der Waals surface area (Å²) in [6.07, 6.45) is 14.0. The zero-order valence-corrected chi connectivity index (χ0v) is 22.2. The Balaban J connectivity index is 0. The molecular weight excluding hydrogens is 456 g/mol. The van der Waals surface area contributed by atoms with Crippen molar-refractivity contribution in [3.8, 4) is 0 Å². The molecule has 9 heteroatoms. The summed E-state index contributed by atoms with van der Waals surface area (Å²) < 4.78 is 0. The Kier molecular flexibility index (Phi) is 28.8. The first-order chi connectivity index (χ1) is 16.8. The first-order valence-corrected chi connectivity index (χ1v) is 13.6. The van der Waals surface area contributed by atoms with Crippen LogP contribution in [0.25, 0.3) is 0 Å². The fourth-order valence-electron chi connectivity index (χ4n) is 3.51. The summed E-state index contributed by atoms with van der Waals surface area (Å²) in [6, 6.07) is 0. The quantitative estimate of drug-likeness (QED) is 0.0647. The van der Waals surface area contributed by atoms with Gasteiger partial charge in [-0.25, -0.2) is 9.78 Å². The maximum Gasteiger partial charge on any atom is 0.303 e. The molecule has 0 bridgehead atoms. The standard InChI is InChI=1S/C18H36O2.C8H18O7/c1-2-3-4-5-6-7-8-9-10-11-12-13-14-15-16-17-18(19)20;1-2-14-15-4-6(11)8(13)7(12)5(10)3-9/h2-17H2,1H3,(H,19,20);5-13H,2-4H2,1H3. The van der Waals surface area contributed by atoms with Gasteiger partial charge in [-0.05, 0) is 13.3 Å². The van der Waals surface area contributed by atoms with E-state index in [-0.39, 0.29) is 13.2 Å². The molecule has 212 valence electrons. The Morgan fingerprint density at radius 3 is 1.40 bits per heavy atom. The van der Waals surface area contributed by atoms with Crippen molar-refractivity contribution < 1.29 is 45.2 Å². The van der Waals surface area contributed by atoms with Crippen molar-refractivity contribution in [3.05, 3.63) is 0 Å². The number of aliphatic hydroxyl groups is 5. The Labute approximate surface area is 212 Å². The van der Waals surface area contributed by atoms with Crippen molar-refractivity contribution in [2.24, 2.45) is 0 Å². The predicted octanol–water partition coefficient (Wildman–Crippen LogP) is 3.72. The zero-order chi connectivity index (χ0) is 26.7. The molecule has 0 aromatic carbocycles. The van der Waals surface area contributed by atoms with Gasteiger partial charge < -0.3 is 30.6 Å². The minimum Gasteiger partial charge on any atom is -0.481 e. The SMILES string of the molecule is CCCCCCCCCCCCCCCCCC(=O)O.CCOOCC(O)C(O)C(O)C(O)CO. The van der Waals surface area contributed by atoms with Crippen molar-refractivity contribution in [3.63, 3.8) is 0 Å². The average Bonchev–Trinajstić information content (AvgIpc) is 2.85. The van der Waals surface area contributed by atoms with E-state index in [9.17, 15) is 20.1 Å². The van der Waals surface area contributed by atoms with Crippen LogP contribution in [0.4, 0.5) is 0 Å². The minimum absolute atomic E-state index is 0.282. The molecule has 0 saturated heterocycles. The smallest absolute Gasteiger partial charge is 0.303 e. The van der Waals surface area contributed by atoms with Crippen molar-refractivity contribution in [2.45, 2.75) is 141 Å². The van der Waals surface area contributed by atoms with Gasteiger partial charge in [0.25, 0.3) is 0 Å². The van der Waals surface area contributed by atoms with Gasteiger partial charge >= 0.3 is 5.97 Å². The number of hydrogen-bond acceptors (Lipinski definition) is 8. The van der Waals surface area contributed by atoms with Crippen molar-refractivity contribution in [1.29, 1.82) is 0 Å². The molecule has 0 heterocycles. The van der Waals surface area contributed by atoms with Crippen LogP contribution in [0.1, 0.15) is 117 Å². The highest BCUT2D eigenvalue weighted by Crippen LogP contribution is 2.13. The van der Waals surface area contributed by atoms with Crippen LogP contribution < -0.4 is 0 Å². The second kappa shape index (κ2) is 27.8. The minimum atomic E-state index is -1.64. The normalized spacial score (nSPS) is 14.6. The molecular formula is C26H54O9. The fourth-order valence-corrected chi connectivity index (χ4v) is 3.51. The molecule has 0 aromatic rings. The lowest BCUT2D eigenvalue weighted by molar-refractivity contribution is -0.308. The molecule has 9 nitrogen and oxygen atoms in total. The highest BCUT2D eigenvalue weighted by atomic mass is 17.2. The first-order valence-electron chi connectivity index (χ1n) is 13.6. The number of aliphatic carboxylic acids is 1. The highest BCUT2D eigenvalue weighted by molar-refractivity contribution is 5.66. The first kappa shape index (κ1) is 36.3. The monoisotopic (exact) mass is 510 g/mol. The zero-order valence-electron chi connectivity index (χ0n) is 22.2.